The second-order valence-corrected chi connectivity index (χ2v) is 4.45. The number of nitrogens with zero attached hydrogens (tertiary/aromatic N) is 6. The Hall–Kier alpha value is -2.45. The van der Waals surface area contributed by atoms with Crippen LogP contribution >= 0.6 is 0 Å². The van der Waals surface area contributed by atoms with E-state index in [9.17, 15) is 10.1 Å². The summed E-state index contributed by atoms with van der Waals surface area (Å²) >= 11 is 0. The summed E-state index contributed by atoms with van der Waals surface area (Å²) in [5, 5.41) is 22.5. The zero-order chi connectivity index (χ0) is 14.7. The van der Waals surface area contributed by atoms with Crippen molar-refractivity contribution in [2.24, 2.45) is 7.05 Å². The maximum Gasteiger partial charge on any atom is 0.333 e. The van der Waals surface area contributed by atoms with Crippen LogP contribution < -0.4 is 5.32 Å². The first-order valence-corrected chi connectivity index (χ1v) is 6.33. The highest BCUT2D eigenvalue weighted by Crippen LogP contribution is 2.28. The lowest BCUT2D eigenvalue weighted by molar-refractivity contribution is -0.384. The van der Waals surface area contributed by atoms with E-state index in [-0.39, 0.29) is 5.69 Å². The van der Waals surface area contributed by atoms with Crippen LogP contribution in [-0.4, -0.2) is 29.5 Å². The number of nitrogens with one attached hydrogen (secondary N) is 1. The molecule has 108 valence electrons. The highest BCUT2D eigenvalue weighted by Gasteiger charge is 2.25. The zero-order valence-corrected chi connectivity index (χ0v) is 11.7. The van der Waals surface area contributed by atoms with Crippen molar-refractivity contribution < 1.29 is 4.92 Å². The largest absolute Gasteiger partial charge is 0.357 e. The van der Waals surface area contributed by atoms with E-state index in [1.807, 2.05) is 6.92 Å². The van der Waals surface area contributed by atoms with Gasteiger partial charge in [0.25, 0.3) is 0 Å². The Kier molecular flexibility index (Phi) is 3.97. The molecule has 2 heterocycles. The molecule has 0 atom stereocenters. The highest BCUT2D eigenvalue weighted by atomic mass is 16.6. The average Bonchev–Trinajstić information content (AvgIpc) is 2.91. The van der Waals surface area contributed by atoms with E-state index in [2.05, 4.69) is 20.5 Å². The van der Waals surface area contributed by atoms with E-state index in [0.29, 0.717) is 30.4 Å². The van der Waals surface area contributed by atoms with Crippen LogP contribution in [0.15, 0.2) is 6.33 Å². The third kappa shape index (κ3) is 2.76. The summed E-state index contributed by atoms with van der Waals surface area (Å²) in [6.07, 6.45) is 2.43. The molecule has 0 radical (unpaired) electrons. The van der Waals surface area contributed by atoms with Gasteiger partial charge in [0.05, 0.1) is 11.5 Å². The molecule has 1 N–H and O–H groups in total. The Morgan fingerprint density at radius 1 is 1.45 bits per heavy atom. The predicted octanol–water partition coefficient (Wildman–Crippen LogP) is 1.25. The number of nitro groups is 1. The summed E-state index contributed by atoms with van der Waals surface area (Å²) in [7, 11) is 1.77. The molecule has 0 aliphatic heterocycles. The normalized spacial score (nSPS) is 10.8. The third-order valence-corrected chi connectivity index (χ3v) is 2.77. The number of aromatic nitrogens is 5. The van der Waals surface area contributed by atoms with Crippen LogP contribution in [0.25, 0.3) is 0 Å². The zero-order valence-electron chi connectivity index (χ0n) is 11.7. The van der Waals surface area contributed by atoms with Crippen molar-refractivity contribution in [2.45, 2.75) is 33.4 Å². The maximum atomic E-state index is 11.2. The molecule has 20 heavy (non-hydrogen) atoms. The van der Waals surface area contributed by atoms with Crippen molar-refractivity contribution in [1.29, 1.82) is 0 Å². The van der Waals surface area contributed by atoms with E-state index < -0.39 is 4.92 Å². The van der Waals surface area contributed by atoms with E-state index in [4.69, 9.17) is 0 Å². The fraction of sp³-hybridized carbons (Fsp3) is 0.545. The Labute approximate surface area is 115 Å². The molecule has 0 unspecified atom stereocenters. The molecule has 0 saturated heterocycles. The molecular weight excluding hydrogens is 262 g/mol. The monoisotopic (exact) mass is 279 g/mol. The smallest absolute Gasteiger partial charge is 0.333 e. The Morgan fingerprint density at radius 3 is 2.75 bits per heavy atom. The number of aryl methyl sites for hydroxylation is 3. The Bertz CT molecular complexity index is 616. The summed E-state index contributed by atoms with van der Waals surface area (Å²) in [6.45, 7) is 4.56. The van der Waals surface area contributed by atoms with Gasteiger partial charge in [0.15, 0.2) is 5.82 Å². The van der Waals surface area contributed by atoms with Crippen LogP contribution in [0.5, 0.6) is 0 Å². The molecule has 0 fully saturated rings. The van der Waals surface area contributed by atoms with E-state index in [0.717, 1.165) is 6.42 Å². The van der Waals surface area contributed by atoms with Gasteiger partial charge < -0.3 is 5.32 Å². The van der Waals surface area contributed by atoms with Crippen molar-refractivity contribution in [2.75, 3.05) is 5.32 Å². The standard InChI is InChI=1S/C11H17N7O2/c1-4-5-17-11(10(18(19)20)8(2)14-17)12-6-9-13-7-16(3)15-9/h7,12H,4-6H2,1-3H3. The SMILES string of the molecule is CCCn1nc(C)c([N+](=O)[O-])c1NCc1ncn(C)n1. The van der Waals surface area contributed by atoms with Gasteiger partial charge in [-0.3, -0.25) is 14.8 Å². The summed E-state index contributed by atoms with van der Waals surface area (Å²) in [6, 6.07) is 0. The van der Waals surface area contributed by atoms with Gasteiger partial charge in [-0.05, 0) is 13.3 Å². The van der Waals surface area contributed by atoms with Crippen LogP contribution in [0.2, 0.25) is 0 Å². The predicted molar refractivity (Wildman–Crippen MR) is 72.2 cm³/mol. The van der Waals surface area contributed by atoms with Crippen LogP contribution in [0.4, 0.5) is 11.5 Å². The lowest BCUT2D eigenvalue weighted by atomic mass is 10.3. The molecule has 0 bridgehead atoms. The van der Waals surface area contributed by atoms with Gasteiger partial charge in [-0.25, -0.2) is 9.67 Å². The summed E-state index contributed by atoms with van der Waals surface area (Å²) in [5.74, 6) is 0.977. The molecular formula is C11H17N7O2. The molecule has 2 aromatic rings. The van der Waals surface area contributed by atoms with Crippen molar-refractivity contribution in [1.82, 2.24) is 24.5 Å². The van der Waals surface area contributed by atoms with E-state index >= 15 is 0 Å². The summed E-state index contributed by atoms with van der Waals surface area (Å²) in [5.41, 5.74) is 0.411. The lowest BCUT2D eigenvalue weighted by Crippen LogP contribution is -2.10. The minimum atomic E-state index is -0.414. The fourth-order valence-electron chi connectivity index (χ4n) is 1.97. The molecule has 0 aliphatic carbocycles. The quantitative estimate of drug-likeness (QED) is 0.630. The van der Waals surface area contributed by atoms with Gasteiger partial charge in [-0.2, -0.15) is 10.2 Å². The Morgan fingerprint density at radius 2 is 2.20 bits per heavy atom. The first-order chi connectivity index (χ1) is 9.52. The van der Waals surface area contributed by atoms with Gasteiger partial charge in [-0.15, -0.1) is 0 Å². The van der Waals surface area contributed by atoms with Crippen molar-refractivity contribution in [3.8, 4) is 0 Å². The van der Waals surface area contributed by atoms with E-state index in [1.54, 1.807) is 29.7 Å². The molecule has 0 saturated carbocycles. The Balaban J connectivity index is 2.25. The minimum Gasteiger partial charge on any atom is -0.357 e. The first kappa shape index (κ1) is 14.0. The molecule has 0 aliphatic rings. The molecule has 0 amide bonds. The molecule has 0 spiro atoms. The van der Waals surface area contributed by atoms with Crippen molar-refractivity contribution >= 4 is 11.5 Å². The molecule has 9 heteroatoms. The topological polar surface area (TPSA) is 104 Å². The number of rotatable bonds is 6. The number of anilines is 1. The van der Waals surface area contributed by atoms with Gasteiger partial charge in [0, 0.05) is 13.6 Å². The average molecular weight is 279 g/mol. The van der Waals surface area contributed by atoms with Gasteiger partial charge >= 0.3 is 5.69 Å². The fourth-order valence-corrected chi connectivity index (χ4v) is 1.97. The van der Waals surface area contributed by atoms with Crippen molar-refractivity contribution in [3.63, 3.8) is 0 Å². The first-order valence-electron chi connectivity index (χ1n) is 6.33. The maximum absolute atomic E-state index is 11.2. The van der Waals surface area contributed by atoms with Crippen LogP contribution in [0.1, 0.15) is 24.9 Å². The molecule has 2 rings (SSSR count). The molecule has 2 aromatic heterocycles. The van der Waals surface area contributed by atoms with Gasteiger partial charge in [-0.1, -0.05) is 6.92 Å². The summed E-state index contributed by atoms with van der Waals surface area (Å²) < 4.78 is 3.20. The third-order valence-electron chi connectivity index (χ3n) is 2.77. The van der Waals surface area contributed by atoms with Crippen LogP contribution in [0.3, 0.4) is 0 Å². The lowest BCUT2D eigenvalue weighted by Gasteiger charge is -2.06. The molecule has 0 aromatic carbocycles. The second-order valence-electron chi connectivity index (χ2n) is 4.45. The minimum absolute atomic E-state index is 0.00869. The number of hydrogen-bond donors (Lipinski definition) is 1. The van der Waals surface area contributed by atoms with E-state index in [1.165, 1.54) is 0 Å². The van der Waals surface area contributed by atoms with Gasteiger partial charge in [0.1, 0.15) is 12.0 Å². The van der Waals surface area contributed by atoms with Crippen LogP contribution in [-0.2, 0) is 20.1 Å². The highest BCUT2D eigenvalue weighted by molar-refractivity contribution is 5.59. The van der Waals surface area contributed by atoms with Crippen LogP contribution in [0, 0.1) is 17.0 Å². The molecule has 9 nitrogen and oxygen atoms in total. The van der Waals surface area contributed by atoms with Gasteiger partial charge in [0.2, 0.25) is 5.82 Å². The second kappa shape index (κ2) is 5.68. The van der Waals surface area contributed by atoms with Crippen molar-refractivity contribution in [3.05, 3.63) is 28.0 Å². The number of hydrogen-bond acceptors (Lipinski definition) is 6. The summed E-state index contributed by atoms with van der Waals surface area (Å²) in [4.78, 5) is 14.8.